The smallest absolute Gasteiger partial charge is 0.258 e. The Bertz CT molecular complexity index is 621. The number of aliphatic hydroxyl groups is 1. The van der Waals surface area contributed by atoms with Crippen LogP contribution in [0.2, 0.25) is 0 Å². The van der Waals surface area contributed by atoms with Gasteiger partial charge in [-0.15, -0.1) is 12.4 Å². The van der Waals surface area contributed by atoms with Crippen molar-refractivity contribution >= 4 is 24.2 Å². The molecule has 3 rings (SSSR count). The molecular formula is C18H26ClN3O4. The molecule has 8 heteroatoms. The topological polar surface area (TPSA) is 99.7 Å². The molecule has 1 aliphatic heterocycles. The number of rotatable bonds is 7. The Morgan fingerprint density at radius 3 is 2.58 bits per heavy atom. The van der Waals surface area contributed by atoms with Crippen molar-refractivity contribution < 1.29 is 19.4 Å². The molecule has 2 amide bonds. The summed E-state index contributed by atoms with van der Waals surface area (Å²) in [7, 11) is 0. The predicted octanol–water partition coefficient (Wildman–Crippen LogP) is 0.666. The third-order valence-electron chi connectivity index (χ3n) is 4.48. The summed E-state index contributed by atoms with van der Waals surface area (Å²) in [5.41, 5.74) is 0.946. The number of nitrogens with one attached hydrogen (secondary N) is 3. The van der Waals surface area contributed by atoms with E-state index in [9.17, 15) is 14.7 Å². The van der Waals surface area contributed by atoms with Crippen molar-refractivity contribution in [3.63, 3.8) is 0 Å². The lowest BCUT2D eigenvalue weighted by molar-refractivity contribution is -0.124. The van der Waals surface area contributed by atoms with Gasteiger partial charge in [0.05, 0.1) is 18.2 Å². The predicted molar refractivity (Wildman–Crippen MR) is 99.3 cm³/mol. The van der Waals surface area contributed by atoms with Gasteiger partial charge in [0.25, 0.3) is 5.91 Å². The molecule has 2 fully saturated rings. The largest absolute Gasteiger partial charge is 0.484 e. The molecule has 144 valence electrons. The zero-order valence-electron chi connectivity index (χ0n) is 14.7. The van der Waals surface area contributed by atoms with Gasteiger partial charge < -0.3 is 25.8 Å². The number of β-amino-alcohol motifs (C(OH)–C–C–N with tert-alkyl or cyclic N) is 1. The lowest BCUT2D eigenvalue weighted by atomic mass is 10.1. The number of ether oxygens (including phenoxy) is 1. The van der Waals surface area contributed by atoms with Gasteiger partial charge in [0.15, 0.2) is 6.61 Å². The van der Waals surface area contributed by atoms with Crippen molar-refractivity contribution in [3.8, 4) is 5.75 Å². The number of hydrogen-bond donors (Lipinski definition) is 4. The van der Waals surface area contributed by atoms with Crippen molar-refractivity contribution in [2.24, 2.45) is 0 Å². The molecule has 0 aromatic heterocycles. The van der Waals surface area contributed by atoms with Gasteiger partial charge >= 0.3 is 0 Å². The van der Waals surface area contributed by atoms with Crippen LogP contribution in [0, 0.1) is 0 Å². The summed E-state index contributed by atoms with van der Waals surface area (Å²) in [4.78, 5) is 23.8. The van der Waals surface area contributed by atoms with Crippen LogP contribution in [0.4, 0.5) is 0 Å². The lowest BCUT2D eigenvalue weighted by Crippen LogP contribution is -2.41. The minimum atomic E-state index is -0.459. The van der Waals surface area contributed by atoms with Crippen LogP contribution in [0.25, 0.3) is 0 Å². The minimum Gasteiger partial charge on any atom is -0.484 e. The fourth-order valence-electron chi connectivity index (χ4n) is 2.81. The van der Waals surface area contributed by atoms with Crippen LogP contribution in [0.15, 0.2) is 24.3 Å². The first-order valence-electron chi connectivity index (χ1n) is 8.75. The van der Waals surface area contributed by atoms with Gasteiger partial charge in [-0.3, -0.25) is 9.59 Å². The van der Waals surface area contributed by atoms with Crippen LogP contribution in [-0.4, -0.2) is 48.3 Å². The molecule has 0 radical (unpaired) electrons. The number of hydrogen-bond acceptors (Lipinski definition) is 5. The SMILES string of the molecule is CC(NC(=O)C1CC(O)CN1)c1ccc(OCC(=O)NC2CC2)cc1.Cl. The molecule has 3 unspecified atom stereocenters. The van der Waals surface area contributed by atoms with Crippen LogP contribution in [0.3, 0.4) is 0 Å². The van der Waals surface area contributed by atoms with Crippen LogP contribution in [-0.2, 0) is 9.59 Å². The van der Waals surface area contributed by atoms with Crippen LogP contribution in [0.5, 0.6) is 5.75 Å². The van der Waals surface area contributed by atoms with Crippen LogP contribution >= 0.6 is 12.4 Å². The van der Waals surface area contributed by atoms with Gasteiger partial charge in [-0.2, -0.15) is 0 Å². The first-order valence-corrected chi connectivity index (χ1v) is 8.75. The Morgan fingerprint density at radius 1 is 1.31 bits per heavy atom. The van der Waals surface area contributed by atoms with Gasteiger partial charge in [0.1, 0.15) is 5.75 Å². The van der Waals surface area contributed by atoms with E-state index in [0.717, 1.165) is 18.4 Å². The fourth-order valence-corrected chi connectivity index (χ4v) is 2.81. The summed E-state index contributed by atoms with van der Waals surface area (Å²) in [5.74, 6) is 0.411. The molecule has 0 spiro atoms. The molecule has 4 N–H and O–H groups in total. The Morgan fingerprint density at radius 2 is 2.00 bits per heavy atom. The standard InChI is InChI=1S/C18H25N3O4.ClH/c1-11(20-18(24)16-8-14(22)9-19-16)12-2-6-15(7-3-12)25-10-17(23)21-13-4-5-13;/h2-3,6-7,11,13-14,16,19,22H,4-5,8-10H2,1H3,(H,20,24)(H,21,23);1H. The number of halogens is 1. The lowest BCUT2D eigenvalue weighted by Gasteiger charge is -2.18. The maximum atomic E-state index is 12.2. The summed E-state index contributed by atoms with van der Waals surface area (Å²) in [6.45, 7) is 2.37. The van der Waals surface area contributed by atoms with Crippen molar-refractivity contribution in [1.82, 2.24) is 16.0 Å². The van der Waals surface area contributed by atoms with Gasteiger partial charge in [-0.25, -0.2) is 0 Å². The minimum absolute atomic E-state index is 0. The summed E-state index contributed by atoms with van der Waals surface area (Å²) in [6.07, 6.45) is 2.09. The molecule has 3 atom stereocenters. The second-order valence-corrected chi connectivity index (χ2v) is 6.78. The number of benzene rings is 1. The Labute approximate surface area is 159 Å². The first-order chi connectivity index (χ1) is 12.0. The molecule has 7 nitrogen and oxygen atoms in total. The van der Waals surface area contributed by atoms with Crippen LogP contribution < -0.4 is 20.7 Å². The zero-order chi connectivity index (χ0) is 17.8. The number of carbonyl (C=O) groups is 2. The molecule has 1 aromatic carbocycles. The average Bonchev–Trinajstić information content (AvgIpc) is 3.30. The van der Waals surface area contributed by atoms with Gasteiger partial charge in [-0.1, -0.05) is 12.1 Å². The molecule has 1 aliphatic carbocycles. The highest BCUT2D eigenvalue weighted by molar-refractivity contribution is 5.85. The van der Waals surface area contributed by atoms with Crippen molar-refractivity contribution in [2.75, 3.05) is 13.2 Å². The van der Waals surface area contributed by atoms with Crippen molar-refractivity contribution in [1.29, 1.82) is 0 Å². The highest BCUT2D eigenvalue weighted by atomic mass is 35.5. The molecule has 2 aliphatic rings. The van der Waals surface area contributed by atoms with Crippen molar-refractivity contribution in [2.45, 2.75) is 50.4 Å². The molecule has 1 saturated heterocycles. The molecular weight excluding hydrogens is 358 g/mol. The van der Waals surface area contributed by atoms with E-state index >= 15 is 0 Å². The summed E-state index contributed by atoms with van der Waals surface area (Å²) in [5, 5.41) is 18.3. The third-order valence-corrected chi connectivity index (χ3v) is 4.48. The highest BCUT2D eigenvalue weighted by Gasteiger charge is 2.28. The Hall–Kier alpha value is -1.83. The number of carbonyl (C=O) groups excluding carboxylic acids is 2. The monoisotopic (exact) mass is 383 g/mol. The van der Waals surface area contributed by atoms with Gasteiger partial charge in [0.2, 0.25) is 5.91 Å². The van der Waals surface area contributed by atoms with E-state index < -0.39 is 6.10 Å². The zero-order valence-corrected chi connectivity index (χ0v) is 15.6. The third kappa shape index (κ3) is 5.86. The summed E-state index contributed by atoms with van der Waals surface area (Å²) >= 11 is 0. The van der Waals surface area contributed by atoms with Crippen molar-refractivity contribution in [3.05, 3.63) is 29.8 Å². The van der Waals surface area contributed by atoms with E-state index in [2.05, 4.69) is 16.0 Å². The Kier molecular flexibility index (Phi) is 7.25. The molecule has 0 bridgehead atoms. The number of amides is 2. The number of aliphatic hydroxyl groups excluding tert-OH is 1. The van der Waals surface area contributed by atoms with E-state index in [0.29, 0.717) is 24.8 Å². The van der Waals surface area contributed by atoms with E-state index in [1.54, 1.807) is 12.1 Å². The fraction of sp³-hybridized carbons (Fsp3) is 0.556. The van der Waals surface area contributed by atoms with E-state index in [1.807, 2.05) is 19.1 Å². The van der Waals surface area contributed by atoms with Crippen LogP contribution in [0.1, 0.15) is 37.8 Å². The Balaban J connectivity index is 0.00000243. The summed E-state index contributed by atoms with van der Waals surface area (Å²) < 4.78 is 5.47. The van der Waals surface area contributed by atoms with E-state index in [-0.39, 0.29) is 42.9 Å². The second kappa shape index (κ2) is 9.21. The normalized spacial score (nSPS) is 22.8. The van der Waals surface area contributed by atoms with E-state index in [4.69, 9.17) is 4.74 Å². The highest BCUT2D eigenvalue weighted by Crippen LogP contribution is 2.20. The molecule has 1 saturated carbocycles. The van der Waals surface area contributed by atoms with Gasteiger partial charge in [-0.05, 0) is 43.9 Å². The average molecular weight is 384 g/mol. The maximum absolute atomic E-state index is 12.2. The first kappa shape index (κ1) is 20.5. The second-order valence-electron chi connectivity index (χ2n) is 6.78. The summed E-state index contributed by atoms with van der Waals surface area (Å²) in [6, 6.07) is 7.16. The quantitative estimate of drug-likeness (QED) is 0.554. The van der Waals surface area contributed by atoms with E-state index in [1.165, 1.54) is 0 Å². The molecule has 1 aromatic rings. The maximum Gasteiger partial charge on any atom is 0.258 e. The molecule has 26 heavy (non-hydrogen) atoms. The molecule has 1 heterocycles. The van der Waals surface area contributed by atoms with Gasteiger partial charge in [0, 0.05) is 12.6 Å².